The largest absolute Gasteiger partial charge is 0.468 e. The maximum Gasteiger partial charge on any atom is 0.416 e. The van der Waals surface area contributed by atoms with Crippen molar-refractivity contribution in [3.05, 3.63) is 71.3 Å². The topological polar surface area (TPSA) is 50.1 Å². The van der Waals surface area contributed by atoms with Crippen molar-refractivity contribution in [3.8, 4) is 6.07 Å². The lowest BCUT2D eigenvalue weighted by Gasteiger charge is -2.09. The molecule has 0 bridgehead atoms. The fourth-order valence-electron chi connectivity index (χ4n) is 3.45. The standard InChI is InChI=1S/C19H14F3NO2/c1-25-17(24)18(11-23)15(12-5-3-2-4-6-12)16(18)13-7-9-14(10-8-13)19(20,21)22/h2-10,15-16H,1H3. The van der Waals surface area contributed by atoms with Gasteiger partial charge in [0, 0.05) is 11.8 Å². The average Bonchev–Trinajstić information content (AvgIpc) is 3.31. The highest BCUT2D eigenvalue weighted by molar-refractivity contribution is 5.89. The summed E-state index contributed by atoms with van der Waals surface area (Å²) in [5.74, 6) is -1.67. The molecule has 3 nitrogen and oxygen atoms in total. The molecule has 3 rings (SSSR count). The number of carbonyl (C=O) groups is 1. The van der Waals surface area contributed by atoms with Gasteiger partial charge in [-0.2, -0.15) is 18.4 Å². The zero-order valence-electron chi connectivity index (χ0n) is 13.2. The first kappa shape index (κ1) is 17.0. The van der Waals surface area contributed by atoms with E-state index in [1.807, 2.05) is 12.1 Å². The number of halogens is 3. The van der Waals surface area contributed by atoms with Crippen molar-refractivity contribution >= 4 is 5.97 Å². The molecule has 6 heteroatoms. The van der Waals surface area contributed by atoms with Crippen molar-refractivity contribution in [3.63, 3.8) is 0 Å². The predicted molar refractivity (Wildman–Crippen MR) is 83.4 cm³/mol. The quantitative estimate of drug-likeness (QED) is 0.781. The summed E-state index contributed by atoms with van der Waals surface area (Å²) in [5.41, 5.74) is -0.905. The molecule has 1 aliphatic rings. The SMILES string of the molecule is COC(=O)C1(C#N)C(c2ccccc2)C1c1ccc(C(F)(F)F)cc1. The van der Waals surface area contributed by atoms with Gasteiger partial charge in [0.25, 0.3) is 0 Å². The second-order valence-corrected chi connectivity index (χ2v) is 5.96. The molecule has 25 heavy (non-hydrogen) atoms. The summed E-state index contributed by atoms with van der Waals surface area (Å²) in [6, 6.07) is 15.6. The molecule has 1 aliphatic carbocycles. The smallest absolute Gasteiger partial charge is 0.416 e. The molecule has 0 heterocycles. The Labute approximate surface area is 142 Å². The molecule has 1 fully saturated rings. The Kier molecular flexibility index (Phi) is 4.03. The van der Waals surface area contributed by atoms with E-state index in [2.05, 4.69) is 0 Å². The fourth-order valence-corrected chi connectivity index (χ4v) is 3.45. The number of benzene rings is 2. The van der Waals surface area contributed by atoms with Gasteiger partial charge in [0.1, 0.15) is 0 Å². The van der Waals surface area contributed by atoms with Crippen LogP contribution in [0.3, 0.4) is 0 Å². The normalized spacial score (nSPS) is 25.1. The molecule has 2 aromatic carbocycles. The van der Waals surface area contributed by atoms with Crippen LogP contribution in [0.4, 0.5) is 13.2 Å². The molecule has 3 unspecified atom stereocenters. The van der Waals surface area contributed by atoms with Crippen LogP contribution in [0.1, 0.15) is 28.5 Å². The van der Waals surface area contributed by atoms with Crippen LogP contribution in [0.25, 0.3) is 0 Å². The molecular weight excluding hydrogens is 331 g/mol. The molecule has 0 N–H and O–H groups in total. The second kappa shape index (κ2) is 5.92. The molecule has 0 radical (unpaired) electrons. The number of nitrogens with zero attached hydrogens (tertiary/aromatic N) is 1. The highest BCUT2D eigenvalue weighted by atomic mass is 19.4. The van der Waals surface area contributed by atoms with Gasteiger partial charge in [-0.15, -0.1) is 0 Å². The van der Waals surface area contributed by atoms with Crippen LogP contribution in [-0.4, -0.2) is 13.1 Å². The van der Waals surface area contributed by atoms with Crippen molar-refractivity contribution < 1.29 is 22.7 Å². The van der Waals surface area contributed by atoms with Gasteiger partial charge in [0.2, 0.25) is 0 Å². The van der Waals surface area contributed by atoms with Gasteiger partial charge in [0.15, 0.2) is 5.41 Å². The number of methoxy groups -OCH3 is 1. The number of alkyl halides is 3. The van der Waals surface area contributed by atoms with E-state index >= 15 is 0 Å². The Bertz CT molecular complexity index is 824. The van der Waals surface area contributed by atoms with E-state index in [0.29, 0.717) is 5.56 Å². The minimum atomic E-state index is -4.43. The first-order valence-electron chi connectivity index (χ1n) is 7.58. The predicted octanol–water partition coefficient (Wildman–Crippen LogP) is 4.27. The Morgan fingerprint density at radius 1 is 1.04 bits per heavy atom. The van der Waals surface area contributed by atoms with Gasteiger partial charge in [-0.3, -0.25) is 4.79 Å². The molecule has 0 saturated heterocycles. The lowest BCUT2D eigenvalue weighted by atomic mass is 9.99. The molecule has 128 valence electrons. The van der Waals surface area contributed by atoms with Crippen LogP contribution in [-0.2, 0) is 15.7 Å². The maximum absolute atomic E-state index is 12.8. The molecular formula is C19H14F3NO2. The molecule has 0 aromatic heterocycles. The van der Waals surface area contributed by atoms with Crippen molar-refractivity contribution in [2.75, 3.05) is 7.11 Å². The zero-order chi connectivity index (χ0) is 18.2. The lowest BCUT2D eigenvalue weighted by molar-refractivity contribution is -0.145. The third kappa shape index (κ3) is 2.66. The van der Waals surface area contributed by atoms with Crippen molar-refractivity contribution in [1.29, 1.82) is 5.26 Å². The van der Waals surface area contributed by atoms with Crippen LogP contribution in [0.2, 0.25) is 0 Å². The van der Waals surface area contributed by atoms with Gasteiger partial charge < -0.3 is 4.74 Å². The van der Waals surface area contributed by atoms with Gasteiger partial charge in [0.05, 0.1) is 18.7 Å². The van der Waals surface area contributed by atoms with E-state index < -0.39 is 35.0 Å². The molecule has 0 spiro atoms. The molecule has 1 saturated carbocycles. The van der Waals surface area contributed by atoms with Crippen molar-refractivity contribution in [1.82, 2.24) is 0 Å². The zero-order valence-corrected chi connectivity index (χ0v) is 13.2. The first-order chi connectivity index (χ1) is 11.9. The van der Waals surface area contributed by atoms with E-state index in [4.69, 9.17) is 4.74 Å². The monoisotopic (exact) mass is 345 g/mol. The van der Waals surface area contributed by atoms with Gasteiger partial charge in [-0.25, -0.2) is 0 Å². The molecule has 3 atom stereocenters. The lowest BCUT2D eigenvalue weighted by Crippen LogP contribution is -2.19. The van der Waals surface area contributed by atoms with E-state index in [0.717, 1.165) is 17.7 Å². The fraction of sp³-hybridized carbons (Fsp3) is 0.263. The number of esters is 1. The van der Waals surface area contributed by atoms with Crippen LogP contribution >= 0.6 is 0 Å². The van der Waals surface area contributed by atoms with Crippen LogP contribution in [0.15, 0.2) is 54.6 Å². The van der Waals surface area contributed by atoms with E-state index in [-0.39, 0.29) is 0 Å². The molecule has 0 aliphatic heterocycles. The minimum absolute atomic E-state index is 0.456. The number of rotatable bonds is 3. The molecule has 0 amide bonds. The van der Waals surface area contributed by atoms with E-state index in [1.165, 1.54) is 19.2 Å². The summed E-state index contributed by atoms with van der Waals surface area (Å²) < 4.78 is 43.1. The Morgan fingerprint density at radius 2 is 1.56 bits per heavy atom. The summed E-state index contributed by atoms with van der Waals surface area (Å²) in [6.45, 7) is 0. The van der Waals surface area contributed by atoms with Gasteiger partial charge in [-0.05, 0) is 23.3 Å². The van der Waals surface area contributed by atoms with E-state index in [1.54, 1.807) is 24.3 Å². The maximum atomic E-state index is 12.8. The van der Waals surface area contributed by atoms with E-state index in [9.17, 15) is 23.2 Å². The number of nitriles is 1. The summed E-state index contributed by atoms with van der Waals surface area (Å²) in [7, 11) is 1.20. The number of hydrogen-bond acceptors (Lipinski definition) is 3. The van der Waals surface area contributed by atoms with Gasteiger partial charge >= 0.3 is 12.1 Å². The summed E-state index contributed by atoms with van der Waals surface area (Å²) in [5, 5.41) is 9.67. The highest BCUT2D eigenvalue weighted by Crippen LogP contribution is 2.70. The van der Waals surface area contributed by atoms with Crippen molar-refractivity contribution in [2.24, 2.45) is 5.41 Å². The Morgan fingerprint density at radius 3 is 2.00 bits per heavy atom. The number of carbonyl (C=O) groups excluding carboxylic acids is 1. The average molecular weight is 345 g/mol. The number of ether oxygens (including phenoxy) is 1. The first-order valence-corrected chi connectivity index (χ1v) is 7.58. The van der Waals surface area contributed by atoms with Crippen LogP contribution in [0.5, 0.6) is 0 Å². The molecule has 2 aromatic rings. The summed E-state index contributed by atoms with van der Waals surface area (Å²) in [6.07, 6.45) is -4.43. The Hall–Kier alpha value is -2.81. The summed E-state index contributed by atoms with van der Waals surface area (Å²) in [4.78, 5) is 12.3. The van der Waals surface area contributed by atoms with Crippen molar-refractivity contribution in [2.45, 2.75) is 18.0 Å². The van der Waals surface area contributed by atoms with Gasteiger partial charge in [-0.1, -0.05) is 42.5 Å². The third-order valence-corrected chi connectivity index (χ3v) is 4.67. The summed E-state index contributed by atoms with van der Waals surface area (Å²) >= 11 is 0. The number of hydrogen-bond donors (Lipinski definition) is 0. The third-order valence-electron chi connectivity index (χ3n) is 4.67. The van der Waals surface area contributed by atoms with Crippen LogP contribution in [0, 0.1) is 16.7 Å². The minimum Gasteiger partial charge on any atom is -0.468 e. The second-order valence-electron chi connectivity index (χ2n) is 5.96. The van der Waals surface area contributed by atoms with Crippen LogP contribution < -0.4 is 0 Å². The highest BCUT2D eigenvalue weighted by Gasteiger charge is 2.72. The Balaban J connectivity index is 2.04.